The van der Waals surface area contributed by atoms with Crippen LogP contribution in [0.2, 0.25) is 0 Å². The van der Waals surface area contributed by atoms with Crippen molar-refractivity contribution in [2.24, 2.45) is 17.6 Å². The Bertz CT molecular complexity index is 423. The van der Waals surface area contributed by atoms with Gasteiger partial charge >= 0.3 is 0 Å². The van der Waals surface area contributed by atoms with E-state index in [0.29, 0.717) is 17.6 Å². The molecule has 0 saturated heterocycles. The Balaban J connectivity index is 2.42. The molecule has 1 aromatic rings. The molecular weight excluding hydrogens is 229 g/mol. The average molecular weight is 251 g/mol. The molecule has 0 aromatic heterocycles. The molecule has 100 valence electrons. The van der Waals surface area contributed by atoms with E-state index in [-0.39, 0.29) is 5.82 Å². The predicted molar refractivity (Wildman–Crippen MR) is 71.0 cm³/mol. The fourth-order valence-corrected chi connectivity index (χ4v) is 3.47. The maximum absolute atomic E-state index is 13.5. The van der Waals surface area contributed by atoms with E-state index in [4.69, 9.17) is 10.5 Å². The Hall–Kier alpha value is -1.09. The van der Waals surface area contributed by atoms with Crippen molar-refractivity contribution in [3.63, 3.8) is 0 Å². The van der Waals surface area contributed by atoms with Gasteiger partial charge in [0.25, 0.3) is 0 Å². The molecule has 1 aromatic carbocycles. The fraction of sp³-hybridized carbons (Fsp3) is 0.600. The van der Waals surface area contributed by atoms with Crippen LogP contribution in [0.3, 0.4) is 0 Å². The second-order valence-corrected chi connectivity index (χ2v) is 5.86. The normalized spacial score (nSPS) is 32.3. The van der Waals surface area contributed by atoms with Crippen molar-refractivity contribution in [1.82, 2.24) is 0 Å². The van der Waals surface area contributed by atoms with Crippen LogP contribution in [0.1, 0.15) is 38.7 Å². The van der Waals surface area contributed by atoms with Gasteiger partial charge in [0.2, 0.25) is 0 Å². The predicted octanol–water partition coefficient (Wildman–Crippen LogP) is 3.44. The third-order valence-electron chi connectivity index (χ3n) is 3.93. The highest BCUT2D eigenvalue weighted by atomic mass is 19.1. The monoisotopic (exact) mass is 251 g/mol. The smallest absolute Gasteiger partial charge is 0.124 e. The van der Waals surface area contributed by atoms with E-state index in [9.17, 15) is 4.39 Å². The summed E-state index contributed by atoms with van der Waals surface area (Å²) in [6.07, 6.45) is 2.96. The van der Waals surface area contributed by atoms with Gasteiger partial charge in [0, 0.05) is 11.1 Å². The van der Waals surface area contributed by atoms with E-state index in [1.807, 2.05) is 0 Å². The molecule has 0 spiro atoms. The zero-order valence-electron chi connectivity index (χ0n) is 11.4. The molecule has 1 saturated carbocycles. The van der Waals surface area contributed by atoms with Gasteiger partial charge in [0.15, 0.2) is 0 Å². The number of nitrogens with two attached hydrogens (primary N) is 1. The molecule has 1 aliphatic rings. The van der Waals surface area contributed by atoms with E-state index in [1.54, 1.807) is 13.2 Å². The van der Waals surface area contributed by atoms with Crippen LogP contribution in [0.15, 0.2) is 18.2 Å². The first-order chi connectivity index (χ1) is 8.44. The van der Waals surface area contributed by atoms with E-state index < -0.39 is 5.54 Å². The zero-order chi connectivity index (χ0) is 13.3. The standard InChI is InChI=1S/C15H22FNO/c1-10-6-11(2)9-15(17,8-10)13-7-12(16)4-5-14(13)18-3/h4-5,7,10-11H,6,8-9,17H2,1-3H3. The van der Waals surface area contributed by atoms with E-state index >= 15 is 0 Å². The SMILES string of the molecule is COc1ccc(F)cc1C1(N)CC(C)CC(C)C1. The first-order valence-electron chi connectivity index (χ1n) is 6.57. The minimum absolute atomic E-state index is 0.249. The van der Waals surface area contributed by atoms with Gasteiger partial charge < -0.3 is 10.5 Å². The first-order valence-corrected chi connectivity index (χ1v) is 6.57. The summed E-state index contributed by atoms with van der Waals surface area (Å²) in [6.45, 7) is 4.42. The van der Waals surface area contributed by atoms with Crippen LogP contribution < -0.4 is 10.5 Å². The first kappa shape index (κ1) is 13.3. The molecule has 2 unspecified atom stereocenters. The molecule has 2 nitrogen and oxygen atoms in total. The molecule has 0 radical (unpaired) electrons. The molecule has 0 bridgehead atoms. The van der Waals surface area contributed by atoms with Crippen LogP contribution in [0, 0.1) is 17.7 Å². The van der Waals surface area contributed by atoms with E-state index in [2.05, 4.69) is 13.8 Å². The van der Waals surface area contributed by atoms with Gasteiger partial charge in [-0.3, -0.25) is 0 Å². The molecule has 2 N–H and O–H groups in total. The summed E-state index contributed by atoms with van der Waals surface area (Å²) in [7, 11) is 1.61. The second kappa shape index (κ2) is 4.88. The number of rotatable bonds is 2. The molecule has 1 aliphatic carbocycles. The van der Waals surface area contributed by atoms with Gasteiger partial charge in [0.1, 0.15) is 11.6 Å². The second-order valence-electron chi connectivity index (χ2n) is 5.86. The summed E-state index contributed by atoms with van der Waals surface area (Å²) in [5, 5.41) is 0. The van der Waals surface area contributed by atoms with Gasteiger partial charge in [0.05, 0.1) is 7.11 Å². The summed E-state index contributed by atoms with van der Waals surface area (Å²) in [6, 6.07) is 4.62. The summed E-state index contributed by atoms with van der Waals surface area (Å²) < 4.78 is 18.8. The number of ether oxygens (including phenoxy) is 1. The Morgan fingerprint density at radius 1 is 1.28 bits per heavy atom. The van der Waals surface area contributed by atoms with Gasteiger partial charge in [-0.05, 0) is 49.3 Å². The van der Waals surface area contributed by atoms with E-state index in [0.717, 1.165) is 18.4 Å². The topological polar surface area (TPSA) is 35.2 Å². The van der Waals surface area contributed by atoms with Crippen molar-refractivity contribution < 1.29 is 9.13 Å². The van der Waals surface area contributed by atoms with Crippen molar-refractivity contribution in [1.29, 1.82) is 0 Å². The molecule has 1 fully saturated rings. The number of hydrogen-bond acceptors (Lipinski definition) is 2. The van der Waals surface area contributed by atoms with Crippen molar-refractivity contribution >= 4 is 0 Å². The lowest BCUT2D eigenvalue weighted by Crippen LogP contribution is -2.43. The van der Waals surface area contributed by atoms with Gasteiger partial charge in [-0.2, -0.15) is 0 Å². The van der Waals surface area contributed by atoms with Crippen LogP contribution in [0.4, 0.5) is 4.39 Å². The van der Waals surface area contributed by atoms with Gasteiger partial charge in [-0.1, -0.05) is 13.8 Å². The highest BCUT2D eigenvalue weighted by molar-refractivity contribution is 5.40. The van der Waals surface area contributed by atoms with Crippen LogP contribution in [-0.2, 0) is 5.54 Å². The summed E-state index contributed by atoms with van der Waals surface area (Å²) in [5.74, 6) is 1.57. The molecule has 2 atom stereocenters. The molecule has 2 rings (SSSR count). The Morgan fingerprint density at radius 3 is 2.44 bits per heavy atom. The Labute approximate surface area is 108 Å². The van der Waals surface area contributed by atoms with Gasteiger partial charge in [-0.15, -0.1) is 0 Å². The van der Waals surface area contributed by atoms with Crippen molar-refractivity contribution in [3.05, 3.63) is 29.6 Å². The molecule has 0 aliphatic heterocycles. The molecule has 0 amide bonds. The molecule has 18 heavy (non-hydrogen) atoms. The number of hydrogen-bond donors (Lipinski definition) is 1. The van der Waals surface area contributed by atoms with Crippen molar-refractivity contribution in [3.8, 4) is 5.75 Å². The number of methoxy groups -OCH3 is 1. The number of benzene rings is 1. The summed E-state index contributed by atoms with van der Waals surface area (Å²) in [5.41, 5.74) is 6.90. The van der Waals surface area contributed by atoms with Crippen molar-refractivity contribution in [2.45, 2.75) is 38.6 Å². The minimum Gasteiger partial charge on any atom is -0.496 e. The maximum atomic E-state index is 13.5. The third kappa shape index (κ3) is 2.51. The molecule has 3 heteroatoms. The van der Waals surface area contributed by atoms with Crippen LogP contribution >= 0.6 is 0 Å². The van der Waals surface area contributed by atoms with Crippen molar-refractivity contribution in [2.75, 3.05) is 7.11 Å². The highest BCUT2D eigenvalue weighted by Crippen LogP contribution is 2.43. The Morgan fingerprint density at radius 2 is 1.89 bits per heavy atom. The minimum atomic E-state index is -0.468. The van der Waals surface area contributed by atoms with E-state index in [1.165, 1.54) is 18.6 Å². The quantitative estimate of drug-likeness (QED) is 0.873. The fourth-order valence-electron chi connectivity index (χ4n) is 3.47. The summed E-state index contributed by atoms with van der Waals surface area (Å²) in [4.78, 5) is 0. The number of halogens is 1. The zero-order valence-corrected chi connectivity index (χ0v) is 11.4. The van der Waals surface area contributed by atoms with Crippen LogP contribution in [0.5, 0.6) is 5.75 Å². The molecule has 0 heterocycles. The lowest BCUT2D eigenvalue weighted by atomic mass is 9.69. The lowest BCUT2D eigenvalue weighted by molar-refractivity contribution is 0.179. The largest absolute Gasteiger partial charge is 0.496 e. The molecular formula is C15H22FNO. The summed E-state index contributed by atoms with van der Waals surface area (Å²) >= 11 is 0. The maximum Gasteiger partial charge on any atom is 0.124 e. The van der Waals surface area contributed by atoms with Crippen LogP contribution in [0.25, 0.3) is 0 Å². The van der Waals surface area contributed by atoms with Gasteiger partial charge in [-0.25, -0.2) is 4.39 Å². The third-order valence-corrected chi connectivity index (χ3v) is 3.93. The Kier molecular flexibility index (Phi) is 3.62. The highest BCUT2D eigenvalue weighted by Gasteiger charge is 2.38. The average Bonchev–Trinajstić information content (AvgIpc) is 2.27. The lowest BCUT2D eigenvalue weighted by Gasteiger charge is -2.41. The van der Waals surface area contributed by atoms with Crippen LogP contribution in [-0.4, -0.2) is 7.11 Å².